The SMILES string of the molecule is NC1(CC(=O)NC(=O)c2cccc(Cl)c2)COC1. The minimum Gasteiger partial charge on any atom is -0.377 e. The molecule has 0 bridgehead atoms. The fourth-order valence-electron chi connectivity index (χ4n) is 1.66. The molecule has 2 rings (SSSR count). The summed E-state index contributed by atoms with van der Waals surface area (Å²) in [5.41, 5.74) is 5.52. The Morgan fingerprint density at radius 3 is 2.72 bits per heavy atom. The third-order valence-electron chi connectivity index (χ3n) is 2.63. The average molecular weight is 269 g/mol. The van der Waals surface area contributed by atoms with Crippen molar-refractivity contribution in [1.82, 2.24) is 5.32 Å². The van der Waals surface area contributed by atoms with Crippen molar-refractivity contribution >= 4 is 23.4 Å². The lowest BCUT2D eigenvalue weighted by Crippen LogP contribution is -2.59. The molecule has 0 aliphatic carbocycles. The molecule has 0 atom stereocenters. The number of hydrogen-bond donors (Lipinski definition) is 2. The number of benzene rings is 1. The molecule has 1 aromatic carbocycles. The molecule has 1 aromatic rings. The molecule has 3 N–H and O–H groups in total. The maximum Gasteiger partial charge on any atom is 0.257 e. The highest BCUT2D eigenvalue weighted by Gasteiger charge is 2.36. The zero-order valence-corrected chi connectivity index (χ0v) is 10.4. The van der Waals surface area contributed by atoms with E-state index in [1.165, 1.54) is 6.07 Å². The van der Waals surface area contributed by atoms with E-state index in [2.05, 4.69) is 5.32 Å². The number of halogens is 1. The number of nitrogens with one attached hydrogen (secondary N) is 1. The van der Waals surface area contributed by atoms with Gasteiger partial charge in [0.15, 0.2) is 0 Å². The Kier molecular flexibility index (Phi) is 3.65. The van der Waals surface area contributed by atoms with E-state index in [1.807, 2.05) is 0 Å². The van der Waals surface area contributed by atoms with Crippen LogP contribution in [0.25, 0.3) is 0 Å². The Balaban J connectivity index is 1.93. The summed E-state index contributed by atoms with van der Waals surface area (Å²) in [5.74, 6) is -0.892. The van der Waals surface area contributed by atoms with Gasteiger partial charge in [-0.2, -0.15) is 0 Å². The Morgan fingerprint density at radius 1 is 1.44 bits per heavy atom. The van der Waals surface area contributed by atoms with E-state index < -0.39 is 17.4 Å². The molecular weight excluding hydrogens is 256 g/mol. The van der Waals surface area contributed by atoms with Crippen LogP contribution in [0.2, 0.25) is 5.02 Å². The molecule has 2 amide bonds. The first-order chi connectivity index (χ1) is 8.48. The molecule has 0 radical (unpaired) electrons. The first-order valence-electron chi connectivity index (χ1n) is 5.45. The van der Waals surface area contributed by atoms with Crippen LogP contribution in [0, 0.1) is 0 Å². The van der Waals surface area contributed by atoms with Gasteiger partial charge in [-0.3, -0.25) is 14.9 Å². The molecule has 1 heterocycles. The highest BCUT2D eigenvalue weighted by molar-refractivity contribution is 6.31. The van der Waals surface area contributed by atoms with Gasteiger partial charge in [0.2, 0.25) is 5.91 Å². The van der Waals surface area contributed by atoms with Gasteiger partial charge in [-0.15, -0.1) is 0 Å². The molecule has 96 valence electrons. The lowest BCUT2D eigenvalue weighted by atomic mass is 9.94. The number of hydrogen-bond acceptors (Lipinski definition) is 4. The quantitative estimate of drug-likeness (QED) is 0.846. The molecular formula is C12H13ClN2O3. The summed E-state index contributed by atoms with van der Waals surface area (Å²) < 4.78 is 4.94. The molecule has 1 aliphatic rings. The van der Waals surface area contributed by atoms with Crippen LogP contribution < -0.4 is 11.1 Å². The Morgan fingerprint density at radius 2 is 2.17 bits per heavy atom. The van der Waals surface area contributed by atoms with E-state index in [1.54, 1.807) is 18.2 Å². The van der Waals surface area contributed by atoms with Crippen LogP contribution in [0.1, 0.15) is 16.8 Å². The van der Waals surface area contributed by atoms with Crippen LogP contribution in [0.15, 0.2) is 24.3 Å². The van der Waals surface area contributed by atoms with Gasteiger partial charge in [0.1, 0.15) is 0 Å². The predicted molar refractivity (Wildman–Crippen MR) is 66.3 cm³/mol. The van der Waals surface area contributed by atoms with E-state index in [0.29, 0.717) is 23.8 Å². The first kappa shape index (κ1) is 13.0. The van der Waals surface area contributed by atoms with Crippen LogP contribution in [0.3, 0.4) is 0 Å². The Hall–Kier alpha value is -1.43. The van der Waals surface area contributed by atoms with Gasteiger partial charge >= 0.3 is 0 Å². The molecule has 0 spiro atoms. The smallest absolute Gasteiger partial charge is 0.257 e. The van der Waals surface area contributed by atoms with Crippen molar-refractivity contribution in [2.24, 2.45) is 5.73 Å². The Bertz CT molecular complexity index is 486. The van der Waals surface area contributed by atoms with Crippen molar-refractivity contribution in [3.05, 3.63) is 34.9 Å². The Labute approximate surface area is 109 Å². The van der Waals surface area contributed by atoms with Gasteiger partial charge in [0.25, 0.3) is 5.91 Å². The summed E-state index contributed by atoms with van der Waals surface area (Å²) in [6.07, 6.45) is 0.0688. The fourth-order valence-corrected chi connectivity index (χ4v) is 1.85. The van der Waals surface area contributed by atoms with Crippen molar-refractivity contribution in [2.45, 2.75) is 12.0 Å². The van der Waals surface area contributed by atoms with Crippen LogP contribution >= 0.6 is 11.6 Å². The van der Waals surface area contributed by atoms with Gasteiger partial charge in [-0.05, 0) is 18.2 Å². The van der Waals surface area contributed by atoms with Crippen LogP contribution in [0.4, 0.5) is 0 Å². The zero-order chi connectivity index (χ0) is 13.2. The van der Waals surface area contributed by atoms with Gasteiger partial charge in [-0.1, -0.05) is 17.7 Å². The number of nitrogens with two attached hydrogens (primary N) is 1. The van der Waals surface area contributed by atoms with Gasteiger partial charge in [-0.25, -0.2) is 0 Å². The molecule has 1 saturated heterocycles. The fraction of sp³-hybridized carbons (Fsp3) is 0.333. The molecule has 0 saturated carbocycles. The second-order valence-electron chi connectivity index (χ2n) is 4.42. The van der Waals surface area contributed by atoms with E-state index in [0.717, 1.165) is 0 Å². The highest BCUT2D eigenvalue weighted by Crippen LogP contribution is 2.17. The number of carbonyl (C=O) groups is 2. The average Bonchev–Trinajstić information content (AvgIpc) is 2.26. The van der Waals surface area contributed by atoms with Crippen LogP contribution in [0.5, 0.6) is 0 Å². The molecule has 0 unspecified atom stereocenters. The zero-order valence-electron chi connectivity index (χ0n) is 9.61. The minimum absolute atomic E-state index is 0.0688. The number of carbonyl (C=O) groups excluding carboxylic acids is 2. The largest absolute Gasteiger partial charge is 0.377 e. The molecule has 1 aliphatic heterocycles. The summed E-state index contributed by atoms with van der Waals surface area (Å²) in [5, 5.41) is 2.72. The van der Waals surface area contributed by atoms with Gasteiger partial charge in [0.05, 0.1) is 18.8 Å². The third-order valence-corrected chi connectivity index (χ3v) is 2.87. The van der Waals surface area contributed by atoms with Crippen molar-refractivity contribution in [2.75, 3.05) is 13.2 Å². The summed E-state index contributed by atoms with van der Waals surface area (Å²) >= 11 is 5.76. The summed E-state index contributed by atoms with van der Waals surface area (Å²) in [6.45, 7) is 0.678. The standard InChI is InChI=1S/C12H13ClN2O3/c13-9-3-1-2-8(4-9)11(17)15-10(16)5-12(14)6-18-7-12/h1-4H,5-7,14H2,(H,15,16,17). The molecule has 1 fully saturated rings. The lowest BCUT2D eigenvalue weighted by Gasteiger charge is -2.36. The minimum atomic E-state index is -0.640. The number of rotatable bonds is 3. The highest BCUT2D eigenvalue weighted by atomic mass is 35.5. The third kappa shape index (κ3) is 3.07. The number of imide groups is 1. The van der Waals surface area contributed by atoms with Crippen molar-refractivity contribution in [3.8, 4) is 0 Å². The second-order valence-corrected chi connectivity index (χ2v) is 4.86. The van der Waals surface area contributed by atoms with Crippen LogP contribution in [-0.2, 0) is 9.53 Å². The van der Waals surface area contributed by atoms with E-state index in [-0.39, 0.29) is 6.42 Å². The lowest BCUT2D eigenvalue weighted by molar-refractivity contribution is -0.127. The summed E-state index contributed by atoms with van der Waals surface area (Å²) in [6, 6.07) is 6.38. The van der Waals surface area contributed by atoms with E-state index in [4.69, 9.17) is 22.1 Å². The maximum atomic E-state index is 11.7. The number of amides is 2. The molecule has 0 aromatic heterocycles. The molecule has 6 heteroatoms. The van der Waals surface area contributed by atoms with Gasteiger partial charge < -0.3 is 10.5 Å². The topological polar surface area (TPSA) is 81.4 Å². The normalized spacial score (nSPS) is 16.8. The number of ether oxygens (including phenoxy) is 1. The van der Waals surface area contributed by atoms with Crippen molar-refractivity contribution < 1.29 is 14.3 Å². The second kappa shape index (κ2) is 5.06. The monoisotopic (exact) mass is 268 g/mol. The van der Waals surface area contributed by atoms with Crippen LogP contribution in [-0.4, -0.2) is 30.6 Å². The van der Waals surface area contributed by atoms with E-state index in [9.17, 15) is 9.59 Å². The summed E-state index contributed by atoms with van der Waals surface area (Å²) in [7, 11) is 0. The van der Waals surface area contributed by atoms with Crippen molar-refractivity contribution in [1.29, 1.82) is 0 Å². The van der Waals surface area contributed by atoms with Crippen molar-refractivity contribution in [3.63, 3.8) is 0 Å². The first-order valence-corrected chi connectivity index (χ1v) is 5.83. The molecule has 5 nitrogen and oxygen atoms in total. The summed E-state index contributed by atoms with van der Waals surface area (Å²) in [4.78, 5) is 23.4. The van der Waals surface area contributed by atoms with E-state index >= 15 is 0 Å². The predicted octanol–water partition coefficient (Wildman–Crippen LogP) is 0.714. The molecule has 18 heavy (non-hydrogen) atoms. The van der Waals surface area contributed by atoms with Gasteiger partial charge in [0, 0.05) is 17.0 Å². The maximum absolute atomic E-state index is 11.7.